The minimum atomic E-state index is -0.0462. The molecule has 2 aromatic rings. The average Bonchev–Trinajstić information content (AvgIpc) is 2.57. The van der Waals surface area contributed by atoms with Gasteiger partial charge in [0.2, 0.25) is 5.91 Å². The third-order valence-electron chi connectivity index (χ3n) is 3.66. The van der Waals surface area contributed by atoms with E-state index in [0.29, 0.717) is 28.6 Å². The first-order chi connectivity index (χ1) is 11.1. The number of halogens is 2. The molecule has 6 nitrogen and oxygen atoms in total. The van der Waals surface area contributed by atoms with E-state index in [9.17, 15) is 4.79 Å². The Morgan fingerprint density at radius 1 is 1.30 bits per heavy atom. The second-order valence-corrected chi connectivity index (χ2v) is 6.10. The van der Waals surface area contributed by atoms with Crippen LogP contribution in [0, 0.1) is 5.92 Å². The molecular weight excluding hydrogens is 337 g/mol. The van der Waals surface area contributed by atoms with Gasteiger partial charge in [-0.3, -0.25) is 9.78 Å². The molecule has 3 heterocycles. The van der Waals surface area contributed by atoms with Crippen LogP contribution in [0.1, 0.15) is 12.8 Å². The molecule has 0 bridgehead atoms. The molecule has 120 valence electrons. The summed E-state index contributed by atoms with van der Waals surface area (Å²) in [5.74, 6) is 0.340. The number of nitrogens with one attached hydrogen (secondary N) is 2. The normalized spacial score (nSPS) is 17.7. The van der Waals surface area contributed by atoms with E-state index in [1.807, 2.05) is 0 Å². The average molecular weight is 352 g/mol. The maximum Gasteiger partial charge on any atom is 0.229 e. The fourth-order valence-electron chi connectivity index (χ4n) is 2.48. The summed E-state index contributed by atoms with van der Waals surface area (Å²) in [6.07, 6.45) is 6.35. The molecule has 1 amide bonds. The second-order valence-electron chi connectivity index (χ2n) is 5.31. The van der Waals surface area contributed by atoms with Crippen molar-refractivity contribution in [3.63, 3.8) is 0 Å². The fourth-order valence-corrected chi connectivity index (χ4v) is 2.83. The van der Waals surface area contributed by atoms with Crippen molar-refractivity contribution in [1.29, 1.82) is 0 Å². The van der Waals surface area contributed by atoms with Crippen LogP contribution in [-0.2, 0) is 4.79 Å². The van der Waals surface area contributed by atoms with Crippen molar-refractivity contribution in [2.75, 3.05) is 18.4 Å². The van der Waals surface area contributed by atoms with E-state index in [4.69, 9.17) is 23.2 Å². The van der Waals surface area contributed by atoms with Gasteiger partial charge < -0.3 is 10.6 Å². The Balaban J connectivity index is 1.81. The van der Waals surface area contributed by atoms with Gasteiger partial charge in [0.05, 0.1) is 29.0 Å². The van der Waals surface area contributed by atoms with Crippen LogP contribution in [0.2, 0.25) is 10.2 Å². The molecule has 1 fully saturated rings. The summed E-state index contributed by atoms with van der Waals surface area (Å²) < 4.78 is 0. The molecule has 1 saturated heterocycles. The highest BCUT2D eigenvalue weighted by atomic mass is 35.5. The molecule has 8 heteroatoms. The van der Waals surface area contributed by atoms with Gasteiger partial charge in [0.1, 0.15) is 11.0 Å². The molecular formula is C15H15Cl2N5O. The van der Waals surface area contributed by atoms with E-state index < -0.39 is 0 Å². The zero-order valence-corrected chi connectivity index (χ0v) is 13.7. The molecule has 0 spiro atoms. The molecule has 3 rings (SSSR count). The number of nitrogens with zero attached hydrogens (tertiary/aromatic N) is 3. The summed E-state index contributed by atoms with van der Waals surface area (Å²) in [7, 11) is 0. The van der Waals surface area contributed by atoms with Crippen LogP contribution in [0.25, 0.3) is 11.3 Å². The lowest BCUT2D eigenvalue weighted by Gasteiger charge is -2.21. The number of anilines is 1. The molecule has 0 saturated carbocycles. The van der Waals surface area contributed by atoms with Crippen LogP contribution in [0.15, 0.2) is 24.7 Å². The number of hydrogen-bond acceptors (Lipinski definition) is 5. The van der Waals surface area contributed by atoms with Crippen LogP contribution >= 0.6 is 23.2 Å². The Morgan fingerprint density at radius 3 is 2.91 bits per heavy atom. The van der Waals surface area contributed by atoms with Crippen molar-refractivity contribution in [2.45, 2.75) is 12.8 Å². The van der Waals surface area contributed by atoms with E-state index >= 15 is 0 Å². The molecule has 1 unspecified atom stereocenters. The van der Waals surface area contributed by atoms with Gasteiger partial charge in [-0.05, 0) is 25.5 Å². The van der Waals surface area contributed by atoms with Crippen LogP contribution in [-0.4, -0.2) is 33.9 Å². The van der Waals surface area contributed by atoms with Gasteiger partial charge in [-0.25, -0.2) is 9.97 Å². The molecule has 0 aliphatic carbocycles. The second kappa shape index (κ2) is 7.21. The fraction of sp³-hybridized carbons (Fsp3) is 0.333. The van der Waals surface area contributed by atoms with Crippen molar-refractivity contribution in [1.82, 2.24) is 20.3 Å². The largest absolute Gasteiger partial charge is 0.316 e. The van der Waals surface area contributed by atoms with Crippen LogP contribution in [0.5, 0.6) is 0 Å². The van der Waals surface area contributed by atoms with Gasteiger partial charge in [-0.15, -0.1) is 0 Å². The van der Waals surface area contributed by atoms with Crippen molar-refractivity contribution in [2.24, 2.45) is 5.92 Å². The van der Waals surface area contributed by atoms with Crippen LogP contribution in [0.3, 0.4) is 0 Å². The molecule has 2 N–H and O–H groups in total. The predicted octanol–water partition coefficient (Wildman–Crippen LogP) is 2.78. The highest BCUT2D eigenvalue weighted by molar-refractivity contribution is 6.33. The van der Waals surface area contributed by atoms with Crippen LogP contribution in [0.4, 0.5) is 5.82 Å². The summed E-state index contributed by atoms with van der Waals surface area (Å²) in [6.45, 7) is 1.65. The van der Waals surface area contributed by atoms with Gasteiger partial charge in [0.25, 0.3) is 0 Å². The third-order valence-corrected chi connectivity index (χ3v) is 4.14. The lowest BCUT2D eigenvalue weighted by molar-refractivity contribution is -0.120. The number of hydrogen-bond donors (Lipinski definition) is 2. The molecule has 0 radical (unpaired) electrons. The minimum absolute atomic E-state index is 0.0457. The van der Waals surface area contributed by atoms with Gasteiger partial charge in [0, 0.05) is 18.3 Å². The highest BCUT2D eigenvalue weighted by Crippen LogP contribution is 2.28. The minimum Gasteiger partial charge on any atom is -0.316 e. The first kappa shape index (κ1) is 16.1. The maximum atomic E-state index is 12.3. The molecule has 1 aliphatic heterocycles. The standard InChI is InChI=1S/C15H15Cl2N5O/c16-11-6-20-14(22-15(23)9-2-1-3-18-5-9)4-10(11)12-7-19-8-13(17)21-12/h4,6-9,18H,1-3,5H2,(H,20,22,23). The molecule has 1 aliphatic rings. The lowest BCUT2D eigenvalue weighted by Crippen LogP contribution is -2.37. The third kappa shape index (κ3) is 3.96. The van der Waals surface area contributed by atoms with Gasteiger partial charge in [0.15, 0.2) is 0 Å². The van der Waals surface area contributed by atoms with E-state index in [1.54, 1.807) is 12.3 Å². The van der Waals surface area contributed by atoms with Gasteiger partial charge in [-0.1, -0.05) is 23.2 Å². The number of piperidine rings is 1. The van der Waals surface area contributed by atoms with Gasteiger partial charge >= 0.3 is 0 Å². The zero-order valence-electron chi connectivity index (χ0n) is 12.2. The molecule has 2 aromatic heterocycles. The van der Waals surface area contributed by atoms with Crippen molar-refractivity contribution >= 4 is 34.9 Å². The van der Waals surface area contributed by atoms with E-state index in [-0.39, 0.29) is 17.0 Å². The summed E-state index contributed by atoms with van der Waals surface area (Å²) in [6, 6.07) is 1.68. The number of pyridine rings is 1. The van der Waals surface area contributed by atoms with Crippen molar-refractivity contribution in [3.05, 3.63) is 34.8 Å². The Hall–Kier alpha value is -1.76. The quantitative estimate of drug-likeness (QED) is 0.888. The Bertz CT molecular complexity index is 719. The number of rotatable bonds is 3. The van der Waals surface area contributed by atoms with E-state index in [1.165, 1.54) is 12.4 Å². The number of carbonyl (C=O) groups excluding carboxylic acids is 1. The van der Waals surface area contributed by atoms with Crippen LogP contribution < -0.4 is 10.6 Å². The Labute approximate surface area is 143 Å². The monoisotopic (exact) mass is 351 g/mol. The van der Waals surface area contributed by atoms with Crippen molar-refractivity contribution < 1.29 is 4.79 Å². The molecule has 1 atom stereocenters. The maximum absolute atomic E-state index is 12.3. The van der Waals surface area contributed by atoms with Gasteiger partial charge in [-0.2, -0.15) is 0 Å². The van der Waals surface area contributed by atoms with Crippen molar-refractivity contribution in [3.8, 4) is 11.3 Å². The number of amides is 1. The topological polar surface area (TPSA) is 79.8 Å². The summed E-state index contributed by atoms with van der Waals surface area (Å²) in [4.78, 5) is 24.6. The number of aromatic nitrogens is 3. The summed E-state index contributed by atoms with van der Waals surface area (Å²) in [5.41, 5.74) is 1.15. The van der Waals surface area contributed by atoms with E-state index in [2.05, 4.69) is 25.6 Å². The Kier molecular flexibility index (Phi) is 5.05. The highest BCUT2D eigenvalue weighted by Gasteiger charge is 2.21. The smallest absolute Gasteiger partial charge is 0.229 e. The lowest BCUT2D eigenvalue weighted by atomic mass is 9.99. The first-order valence-electron chi connectivity index (χ1n) is 7.28. The van der Waals surface area contributed by atoms with E-state index in [0.717, 1.165) is 19.4 Å². The predicted molar refractivity (Wildman–Crippen MR) is 89.5 cm³/mol. The Morgan fingerprint density at radius 2 is 2.17 bits per heavy atom. The summed E-state index contributed by atoms with van der Waals surface area (Å²) in [5, 5.41) is 6.74. The molecule has 0 aromatic carbocycles. The summed E-state index contributed by atoms with van der Waals surface area (Å²) >= 11 is 12.0. The zero-order chi connectivity index (χ0) is 16.2. The molecule has 23 heavy (non-hydrogen) atoms. The first-order valence-corrected chi connectivity index (χ1v) is 8.04. The SMILES string of the molecule is O=C(Nc1cc(-c2cncc(Cl)n2)c(Cl)cn1)C1CCCNC1. The number of carbonyl (C=O) groups is 1.